The fourth-order valence-corrected chi connectivity index (χ4v) is 4.46. The largest absolute Gasteiger partial charge is 0.298 e. The van der Waals surface area contributed by atoms with Crippen LogP contribution < -0.4 is 0 Å². The summed E-state index contributed by atoms with van der Waals surface area (Å²) in [4.78, 5) is 29.1. The van der Waals surface area contributed by atoms with E-state index in [9.17, 15) is 9.59 Å². The van der Waals surface area contributed by atoms with Gasteiger partial charge >= 0.3 is 0 Å². The van der Waals surface area contributed by atoms with Crippen LogP contribution in [0.5, 0.6) is 0 Å². The van der Waals surface area contributed by atoms with Crippen molar-refractivity contribution in [2.45, 2.75) is 6.04 Å². The lowest BCUT2D eigenvalue weighted by Gasteiger charge is -2.26. The zero-order valence-corrected chi connectivity index (χ0v) is 16.9. The molecule has 1 aliphatic rings. The summed E-state index contributed by atoms with van der Waals surface area (Å²) >= 11 is 6.07. The van der Waals surface area contributed by atoms with Gasteiger partial charge in [0.05, 0.1) is 5.92 Å². The number of Topliss-reactive ketones (excluding diaryl/α,β-unsaturated/α-hetero) is 2. The number of halogens is 1. The van der Waals surface area contributed by atoms with Crippen molar-refractivity contribution in [3.63, 3.8) is 0 Å². The van der Waals surface area contributed by atoms with Gasteiger partial charge in [0.15, 0.2) is 11.6 Å². The zero-order chi connectivity index (χ0) is 20.4. The van der Waals surface area contributed by atoms with Crippen LogP contribution in [0.4, 0.5) is 0 Å². The predicted octanol–water partition coefficient (Wildman–Crippen LogP) is 5.32. The number of likely N-dealkylation sites (tertiary alicyclic amines) is 1. The zero-order valence-electron chi connectivity index (χ0n) is 16.2. The molecule has 29 heavy (non-hydrogen) atoms. The molecule has 0 N–H and O–H groups in total. The second-order valence-electron chi connectivity index (χ2n) is 7.53. The maximum atomic E-state index is 13.6. The molecule has 146 valence electrons. The fraction of sp³-hybridized carbons (Fsp3) is 0.200. The van der Waals surface area contributed by atoms with Crippen molar-refractivity contribution in [2.75, 3.05) is 13.6 Å². The number of ketones is 2. The molecule has 0 aliphatic carbocycles. The molecule has 1 fully saturated rings. The summed E-state index contributed by atoms with van der Waals surface area (Å²) in [7, 11) is 1.98. The molecule has 0 saturated carbocycles. The first kappa shape index (κ1) is 19.6. The van der Waals surface area contributed by atoms with Gasteiger partial charge in [-0.25, -0.2) is 0 Å². The third-order valence-corrected chi connectivity index (χ3v) is 5.95. The Morgan fingerprint density at radius 1 is 0.793 bits per heavy atom. The van der Waals surface area contributed by atoms with Gasteiger partial charge in [-0.05, 0) is 24.7 Å². The molecule has 0 spiro atoms. The van der Waals surface area contributed by atoms with Crippen LogP contribution in [0.2, 0.25) is 5.02 Å². The predicted molar refractivity (Wildman–Crippen MR) is 115 cm³/mol. The van der Waals surface area contributed by atoms with E-state index >= 15 is 0 Å². The lowest BCUT2D eigenvalue weighted by Crippen LogP contribution is -2.30. The van der Waals surface area contributed by atoms with Crippen molar-refractivity contribution in [1.29, 1.82) is 0 Å². The minimum atomic E-state index is -0.462. The molecule has 1 aliphatic heterocycles. The molecular formula is C25H22ClNO2. The van der Waals surface area contributed by atoms with Crippen LogP contribution in [0.25, 0.3) is 0 Å². The molecule has 4 rings (SSSR count). The van der Waals surface area contributed by atoms with Crippen LogP contribution in [0, 0.1) is 11.8 Å². The van der Waals surface area contributed by atoms with Gasteiger partial charge in [-0.1, -0.05) is 84.4 Å². The Hall–Kier alpha value is -2.75. The fourth-order valence-electron chi connectivity index (χ4n) is 4.34. The summed E-state index contributed by atoms with van der Waals surface area (Å²) in [5.41, 5.74) is 2.28. The Balaban J connectivity index is 1.77. The summed E-state index contributed by atoms with van der Waals surface area (Å²) in [5.74, 6) is -0.848. The summed E-state index contributed by atoms with van der Waals surface area (Å²) < 4.78 is 0. The van der Waals surface area contributed by atoms with Gasteiger partial charge in [-0.15, -0.1) is 0 Å². The van der Waals surface area contributed by atoms with Crippen LogP contribution in [-0.4, -0.2) is 30.1 Å². The number of hydrogen-bond acceptors (Lipinski definition) is 3. The van der Waals surface area contributed by atoms with Crippen molar-refractivity contribution in [2.24, 2.45) is 11.8 Å². The number of carbonyl (C=O) groups excluding carboxylic acids is 2. The van der Waals surface area contributed by atoms with Crippen molar-refractivity contribution in [3.8, 4) is 0 Å². The van der Waals surface area contributed by atoms with Gasteiger partial charge in [0, 0.05) is 34.7 Å². The first-order chi connectivity index (χ1) is 14.1. The minimum Gasteiger partial charge on any atom is -0.298 e. The van der Waals surface area contributed by atoms with Crippen LogP contribution in [0.3, 0.4) is 0 Å². The van der Waals surface area contributed by atoms with E-state index in [1.54, 1.807) is 0 Å². The Bertz CT molecular complexity index is 1000. The molecule has 3 aromatic carbocycles. The number of benzene rings is 3. The van der Waals surface area contributed by atoms with E-state index in [1.165, 1.54) is 0 Å². The highest BCUT2D eigenvalue weighted by molar-refractivity contribution is 6.30. The normalized spacial score (nSPS) is 21.8. The highest BCUT2D eigenvalue weighted by Crippen LogP contribution is 2.43. The van der Waals surface area contributed by atoms with E-state index in [1.807, 2.05) is 92.0 Å². The van der Waals surface area contributed by atoms with E-state index in [4.69, 9.17) is 11.6 Å². The van der Waals surface area contributed by atoms with Gasteiger partial charge in [0.1, 0.15) is 0 Å². The van der Waals surface area contributed by atoms with Gasteiger partial charge in [-0.3, -0.25) is 14.5 Å². The lowest BCUT2D eigenvalue weighted by atomic mass is 9.78. The summed E-state index contributed by atoms with van der Waals surface area (Å²) in [6.07, 6.45) is 0. The molecule has 0 amide bonds. The van der Waals surface area contributed by atoms with Crippen molar-refractivity contribution in [3.05, 3.63) is 107 Å². The highest BCUT2D eigenvalue weighted by Gasteiger charge is 2.48. The van der Waals surface area contributed by atoms with Crippen molar-refractivity contribution >= 4 is 23.2 Å². The number of hydrogen-bond donors (Lipinski definition) is 0. The minimum absolute atomic E-state index is 0.00387. The first-order valence-electron chi connectivity index (χ1n) is 9.70. The van der Waals surface area contributed by atoms with Crippen molar-refractivity contribution < 1.29 is 9.59 Å². The topological polar surface area (TPSA) is 37.4 Å². The van der Waals surface area contributed by atoms with E-state index in [-0.39, 0.29) is 17.6 Å². The second kappa shape index (κ2) is 8.32. The van der Waals surface area contributed by atoms with Gasteiger partial charge in [-0.2, -0.15) is 0 Å². The van der Waals surface area contributed by atoms with Crippen LogP contribution >= 0.6 is 11.6 Å². The molecule has 4 heteroatoms. The molecule has 3 atom stereocenters. The SMILES string of the molecule is CN1CC(C(=O)c2ccccc2)C(C(=O)c2ccccc2)C1c1ccc(Cl)cc1. The molecule has 0 bridgehead atoms. The van der Waals surface area contributed by atoms with Gasteiger partial charge in [0.2, 0.25) is 0 Å². The second-order valence-corrected chi connectivity index (χ2v) is 7.97. The molecule has 3 aromatic rings. The number of rotatable bonds is 5. The average molecular weight is 404 g/mol. The summed E-state index contributed by atoms with van der Waals surface area (Å²) in [6.45, 7) is 0.532. The molecule has 0 radical (unpaired) electrons. The van der Waals surface area contributed by atoms with Gasteiger partial charge in [0.25, 0.3) is 0 Å². The molecule has 0 aromatic heterocycles. The maximum absolute atomic E-state index is 13.6. The van der Waals surface area contributed by atoms with Gasteiger partial charge < -0.3 is 0 Å². The van der Waals surface area contributed by atoms with E-state index in [0.717, 1.165) is 5.56 Å². The summed E-state index contributed by atoms with van der Waals surface area (Å²) in [6, 6.07) is 25.9. The number of carbonyl (C=O) groups is 2. The third-order valence-electron chi connectivity index (χ3n) is 5.70. The highest BCUT2D eigenvalue weighted by atomic mass is 35.5. The van der Waals surface area contributed by atoms with Crippen LogP contribution in [-0.2, 0) is 0 Å². The molecule has 3 nitrogen and oxygen atoms in total. The monoisotopic (exact) mass is 403 g/mol. The average Bonchev–Trinajstić information content (AvgIpc) is 3.11. The third kappa shape index (κ3) is 3.89. The summed E-state index contributed by atoms with van der Waals surface area (Å²) in [5, 5.41) is 0.650. The Morgan fingerprint density at radius 3 is 1.86 bits per heavy atom. The van der Waals surface area contributed by atoms with Crippen LogP contribution in [0.15, 0.2) is 84.9 Å². The van der Waals surface area contributed by atoms with E-state index in [2.05, 4.69) is 4.90 Å². The quantitative estimate of drug-likeness (QED) is 0.541. The molecular weight excluding hydrogens is 382 g/mol. The molecule has 1 saturated heterocycles. The van der Waals surface area contributed by atoms with E-state index < -0.39 is 11.8 Å². The Kier molecular flexibility index (Phi) is 5.61. The lowest BCUT2D eigenvalue weighted by molar-refractivity contribution is 0.0785. The first-order valence-corrected chi connectivity index (χ1v) is 10.1. The van der Waals surface area contributed by atoms with Crippen molar-refractivity contribution in [1.82, 2.24) is 4.90 Å². The van der Waals surface area contributed by atoms with Crippen LogP contribution in [0.1, 0.15) is 32.3 Å². The standard InChI is InChI=1S/C25H22ClNO2/c1-27-16-21(24(28)18-8-4-2-5-9-18)22(25(29)19-10-6-3-7-11-19)23(27)17-12-14-20(26)15-13-17/h2-15,21-23H,16H2,1H3. The Morgan fingerprint density at radius 2 is 1.31 bits per heavy atom. The maximum Gasteiger partial charge on any atom is 0.168 e. The Labute approximate surface area is 175 Å². The molecule has 3 unspecified atom stereocenters. The number of nitrogens with zero attached hydrogens (tertiary/aromatic N) is 1. The molecule has 1 heterocycles. The van der Waals surface area contributed by atoms with E-state index in [0.29, 0.717) is 22.7 Å². The smallest absolute Gasteiger partial charge is 0.168 e.